The van der Waals surface area contributed by atoms with Gasteiger partial charge in [0.15, 0.2) is 29.1 Å². The molecular weight excluding hydrogens is 234 g/mol. The van der Waals surface area contributed by atoms with Crippen LogP contribution in [0.25, 0.3) is 0 Å². The zero-order chi connectivity index (χ0) is 12.5. The third-order valence-corrected chi connectivity index (χ3v) is 1.91. The predicted octanol–water partition coefficient (Wildman–Crippen LogP) is 1.37. The Kier molecular flexibility index (Phi) is 3.87. The van der Waals surface area contributed by atoms with Crippen LogP contribution in [0.4, 0.5) is 22.0 Å². The number of rotatable bonds is 3. The molecule has 16 heavy (non-hydrogen) atoms. The molecule has 88 valence electrons. The molecule has 2 nitrogen and oxygen atoms in total. The third kappa shape index (κ3) is 1.90. The van der Waals surface area contributed by atoms with Gasteiger partial charge in [-0.2, -0.15) is 0 Å². The molecule has 0 saturated heterocycles. The van der Waals surface area contributed by atoms with E-state index in [4.69, 9.17) is 0 Å². The summed E-state index contributed by atoms with van der Waals surface area (Å²) >= 11 is 0. The van der Waals surface area contributed by atoms with Gasteiger partial charge >= 0.3 is 7.12 Å². The lowest BCUT2D eigenvalue weighted by Gasteiger charge is -2.12. The average Bonchev–Trinajstić information content (AvgIpc) is 2.29. The Hall–Kier alpha value is -1.15. The first-order valence-electron chi connectivity index (χ1n) is 4.02. The SMILES string of the molecule is COB(OC)c1c(F)c(F)c(F)c(F)c1F. The highest BCUT2D eigenvalue weighted by Crippen LogP contribution is 2.16. The molecule has 8 heteroatoms. The first-order chi connectivity index (χ1) is 7.45. The van der Waals surface area contributed by atoms with Gasteiger partial charge in [0, 0.05) is 14.2 Å². The molecule has 1 aromatic carbocycles. The first-order valence-corrected chi connectivity index (χ1v) is 4.02. The van der Waals surface area contributed by atoms with Gasteiger partial charge in [0.25, 0.3) is 0 Å². The fourth-order valence-electron chi connectivity index (χ4n) is 1.16. The molecule has 0 aliphatic carbocycles. The maximum Gasteiger partial charge on any atom is 0.499 e. The maximum absolute atomic E-state index is 13.1. The van der Waals surface area contributed by atoms with Gasteiger partial charge in [-0.25, -0.2) is 22.0 Å². The average molecular weight is 240 g/mol. The van der Waals surface area contributed by atoms with Gasteiger partial charge < -0.3 is 9.31 Å². The predicted molar refractivity (Wildman–Crippen MR) is 45.6 cm³/mol. The number of halogens is 5. The standard InChI is InChI=1S/C8H6BF5O2/c1-15-9(16-2)3-4(10)6(12)8(14)7(13)5(3)11/h1-2H3. The van der Waals surface area contributed by atoms with Gasteiger partial charge in [0.1, 0.15) is 0 Å². The Bertz CT molecular complexity index is 379. The zero-order valence-electron chi connectivity index (χ0n) is 8.28. The lowest BCUT2D eigenvalue weighted by atomic mass is 9.78. The zero-order valence-corrected chi connectivity index (χ0v) is 8.28. The van der Waals surface area contributed by atoms with Crippen LogP contribution in [0.5, 0.6) is 0 Å². The molecule has 0 N–H and O–H groups in total. The Morgan fingerprint density at radius 2 is 1.00 bits per heavy atom. The Morgan fingerprint density at radius 3 is 1.31 bits per heavy atom. The summed E-state index contributed by atoms with van der Waals surface area (Å²) in [7, 11) is 0.350. The molecule has 0 saturated carbocycles. The molecule has 0 atom stereocenters. The Morgan fingerprint density at radius 1 is 0.688 bits per heavy atom. The van der Waals surface area contributed by atoms with Crippen molar-refractivity contribution < 1.29 is 31.3 Å². The van der Waals surface area contributed by atoms with Crippen molar-refractivity contribution in [1.82, 2.24) is 0 Å². The van der Waals surface area contributed by atoms with Crippen LogP contribution in [-0.2, 0) is 9.31 Å². The Balaban J connectivity index is 3.50. The van der Waals surface area contributed by atoms with Crippen molar-refractivity contribution in [3.8, 4) is 0 Å². The Labute approximate surface area is 88.1 Å². The van der Waals surface area contributed by atoms with Crippen molar-refractivity contribution in [1.29, 1.82) is 0 Å². The van der Waals surface area contributed by atoms with Crippen LogP contribution in [0.3, 0.4) is 0 Å². The summed E-state index contributed by atoms with van der Waals surface area (Å²) < 4.78 is 73.4. The van der Waals surface area contributed by atoms with E-state index in [1.165, 1.54) is 0 Å². The van der Waals surface area contributed by atoms with E-state index in [1.807, 2.05) is 0 Å². The molecule has 0 aromatic heterocycles. The largest absolute Gasteiger partial charge is 0.499 e. The fraction of sp³-hybridized carbons (Fsp3) is 0.250. The van der Waals surface area contributed by atoms with E-state index in [-0.39, 0.29) is 0 Å². The molecule has 1 rings (SSSR count). The van der Waals surface area contributed by atoms with Crippen molar-refractivity contribution in [2.24, 2.45) is 0 Å². The lowest BCUT2D eigenvalue weighted by Crippen LogP contribution is -2.41. The summed E-state index contributed by atoms with van der Waals surface area (Å²) in [6.45, 7) is 0. The molecule has 1 aromatic rings. The molecule has 0 heterocycles. The summed E-state index contributed by atoms with van der Waals surface area (Å²) in [6.07, 6.45) is 0. The quantitative estimate of drug-likeness (QED) is 0.344. The molecule has 0 unspecified atom stereocenters. The normalized spacial score (nSPS) is 10.7. The van der Waals surface area contributed by atoms with Gasteiger partial charge in [-0.1, -0.05) is 0 Å². The van der Waals surface area contributed by atoms with Gasteiger partial charge in [-0.15, -0.1) is 0 Å². The monoisotopic (exact) mass is 240 g/mol. The van der Waals surface area contributed by atoms with Crippen LogP contribution >= 0.6 is 0 Å². The van der Waals surface area contributed by atoms with Crippen LogP contribution in [0.15, 0.2) is 0 Å². The molecule has 0 spiro atoms. The highest BCUT2D eigenvalue weighted by Gasteiger charge is 2.34. The van der Waals surface area contributed by atoms with E-state index < -0.39 is 41.7 Å². The van der Waals surface area contributed by atoms with Crippen LogP contribution < -0.4 is 5.46 Å². The topological polar surface area (TPSA) is 18.5 Å². The maximum atomic E-state index is 13.1. The number of hydrogen-bond donors (Lipinski definition) is 0. The van der Waals surface area contributed by atoms with Crippen molar-refractivity contribution in [2.75, 3.05) is 14.2 Å². The summed E-state index contributed by atoms with van der Waals surface area (Å²) in [4.78, 5) is 0. The number of hydrogen-bond acceptors (Lipinski definition) is 2. The molecule has 0 aliphatic rings. The van der Waals surface area contributed by atoms with E-state index in [0.29, 0.717) is 0 Å². The van der Waals surface area contributed by atoms with Gasteiger partial charge in [-0.3, -0.25) is 0 Å². The molecule has 0 aliphatic heterocycles. The first kappa shape index (κ1) is 12.9. The second kappa shape index (κ2) is 4.79. The van der Waals surface area contributed by atoms with Crippen LogP contribution in [0.2, 0.25) is 0 Å². The minimum atomic E-state index is -2.22. The lowest BCUT2D eigenvalue weighted by molar-refractivity contribution is 0.286. The van der Waals surface area contributed by atoms with E-state index in [1.54, 1.807) is 0 Å². The highest BCUT2D eigenvalue weighted by atomic mass is 19.2. The van der Waals surface area contributed by atoms with Crippen molar-refractivity contribution in [3.63, 3.8) is 0 Å². The number of benzene rings is 1. The van der Waals surface area contributed by atoms with Gasteiger partial charge in [0.2, 0.25) is 0 Å². The van der Waals surface area contributed by atoms with Crippen molar-refractivity contribution in [3.05, 3.63) is 29.1 Å². The molecular formula is C8H6BF5O2. The van der Waals surface area contributed by atoms with E-state index >= 15 is 0 Å². The van der Waals surface area contributed by atoms with Gasteiger partial charge in [-0.05, 0) is 0 Å². The van der Waals surface area contributed by atoms with Crippen molar-refractivity contribution in [2.45, 2.75) is 0 Å². The highest BCUT2D eigenvalue weighted by molar-refractivity contribution is 6.61. The summed E-state index contributed by atoms with van der Waals surface area (Å²) in [5.41, 5.74) is -1.15. The summed E-state index contributed by atoms with van der Waals surface area (Å²) in [5.74, 6) is -10.2. The van der Waals surface area contributed by atoms with Crippen LogP contribution in [0.1, 0.15) is 0 Å². The smallest absolute Gasteiger partial charge is 0.410 e. The minimum absolute atomic E-state index is 1.01. The van der Waals surface area contributed by atoms with E-state index in [2.05, 4.69) is 9.31 Å². The van der Waals surface area contributed by atoms with Gasteiger partial charge in [0.05, 0.1) is 5.46 Å². The van der Waals surface area contributed by atoms with E-state index in [9.17, 15) is 22.0 Å². The molecule has 0 fully saturated rings. The molecule has 0 amide bonds. The molecule has 0 bridgehead atoms. The second-order valence-corrected chi connectivity index (χ2v) is 2.79. The van der Waals surface area contributed by atoms with Crippen LogP contribution in [0, 0.1) is 29.1 Å². The summed E-state index contributed by atoms with van der Waals surface area (Å²) in [6, 6.07) is 0. The molecule has 0 radical (unpaired) electrons. The fourth-order valence-corrected chi connectivity index (χ4v) is 1.16. The van der Waals surface area contributed by atoms with Crippen LogP contribution in [-0.4, -0.2) is 21.3 Å². The van der Waals surface area contributed by atoms with Crippen molar-refractivity contribution >= 4 is 12.6 Å². The minimum Gasteiger partial charge on any atom is -0.410 e. The second-order valence-electron chi connectivity index (χ2n) is 2.79. The summed E-state index contributed by atoms with van der Waals surface area (Å²) in [5, 5.41) is 0. The third-order valence-electron chi connectivity index (χ3n) is 1.91. The van der Waals surface area contributed by atoms with E-state index in [0.717, 1.165) is 14.2 Å².